The second-order valence-electron chi connectivity index (χ2n) is 12.3. The van der Waals surface area contributed by atoms with Gasteiger partial charge in [0.15, 0.2) is 9.76 Å². The molecule has 1 aromatic heterocycles. The number of rotatable bonds is 6. The minimum Gasteiger partial charge on any atom is -0.409 e. The summed E-state index contributed by atoms with van der Waals surface area (Å²) in [6.07, 6.45) is -9.79. The molecule has 0 aliphatic carbocycles. The highest BCUT2D eigenvalue weighted by atomic mass is 35.5. The molecule has 1 aliphatic heterocycles. The molecule has 45 heavy (non-hydrogen) atoms. The van der Waals surface area contributed by atoms with E-state index < -0.39 is 50.4 Å². The molecule has 238 valence electrons. The van der Waals surface area contributed by atoms with Crippen LogP contribution in [0.4, 0.5) is 37.8 Å². The lowest BCUT2D eigenvalue weighted by molar-refractivity contribution is -0.142. The summed E-state index contributed by atoms with van der Waals surface area (Å²) in [6.45, 7) is 7.86. The van der Waals surface area contributed by atoms with Crippen LogP contribution in [-0.2, 0) is 22.4 Å². The molecule has 0 saturated heterocycles. The van der Waals surface area contributed by atoms with Crippen molar-refractivity contribution in [3.05, 3.63) is 118 Å². The first-order chi connectivity index (χ1) is 21.0. The van der Waals surface area contributed by atoms with Gasteiger partial charge in [0.05, 0.1) is 16.8 Å². The maximum Gasteiger partial charge on any atom is 0.418 e. The Bertz CT molecular complexity index is 1620. The van der Waals surface area contributed by atoms with Crippen LogP contribution in [0.25, 0.3) is 0 Å². The zero-order valence-electron chi connectivity index (χ0n) is 25.1. The fourth-order valence-corrected chi connectivity index (χ4v) is 7.43. The van der Waals surface area contributed by atoms with Gasteiger partial charge in [0.1, 0.15) is 22.4 Å². The summed E-state index contributed by atoms with van der Waals surface area (Å²) < 4.78 is 90.7. The second-order valence-corrected chi connectivity index (χ2v) is 15.4. The molecule has 0 radical (unpaired) electrons. The number of halogens is 7. The molecule has 2 heterocycles. The minimum atomic E-state index is -5.07. The third-order valence-corrected chi connectivity index (χ3v) is 9.54. The molecule has 0 fully saturated rings. The number of aromatic nitrogens is 2. The quantitative estimate of drug-likeness (QED) is 0.117. The molecule has 5 rings (SSSR count). The van der Waals surface area contributed by atoms with E-state index in [2.05, 4.69) is 30.7 Å². The first-order valence-corrected chi connectivity index (χ1v) is 16.0. The number of nitrogens with zero attached hydrogens (tertiary/aromatic N) is 3. The van der Waals surface area contributed by atoms with Gasteiger partial charge in [0.25, 0.3) is 0 Å². The summed E-state index contributed by atoms with van der Waals surface area (Å²) in [7, 11) is -1.27. The van der Waals surface area contributed by atoms with Gasteiger partial charge in [-0.2, -0.15) is 26.3 Å². The number of benzene rings is 3. The standard InChI is InChI=1S/C33H32ClF6N3OSi/c1-20-41-28(34)27-24(31(44-45-30(2,3)4,21-11-7-5-8-12-21)22-13-9-6-10-14-22)17-18-43(29(27)42-20)26-16-15-23(32(35,36)37)19-25(26)33(38,39)40/h5-16,19,24H,17-18,45H2,1-4H3. The number of aryl methyl sites for hydroxylation is 1. The predicted molar refractivity (Wildman–Crippen MR) is 166 cm³/mol. The summed E-state index contributed by atoms with van der Waals surface area (Å²) >= 11 is 6.89. The van der Waals surface area contributed by atoms with Gasteiger partial charge in [0.2, 0.25) is 0 Å². The molecule has 4 aromatic rings. The van der Waals surface area contributed by atoms with Gasteiger partial charge in [-0.1, -0.05) is 93.0 Å². The largest absolute Gasteiger partial charge is 0.418 e. The molecule has 0 amide bonds. The number of hydrogen-bond donors (Lipinski definition) is 0. The van der Waals surface area contributed by atoms with Crippen LogP contribution in [0.5, 0.6) is 0 Å². The molecular formula is C33H32ClF6N3OSi. The fraction of sp³-hybridized carbons (Fsp3) is 0.333. The number of hydrogen-bond acceptors (Lipinski definition) is 4. The van der Waals surface area contributed by atoms with Crippen molar-refractivity contribution in [1.82, 2.24) is 9.97 Å². The van der Waals surface area contributed by atoms with Gasteiger partial charge in [0, 0.05) is 18.0 Å². The average molecular weight is 664 g/mol. The van der Waals surface area contributed by atoms with Gasteiger partial charge in [-0.25, -0.2) is 9.97 Å². The average Bonchev–Trinajstić information content (AvgIpc) is 2.96. The maximum absolute atomic E-state index is 14.4. The first kappa shape index (κ1) is 33.0. The normalized spacial score (nSPS) is 16.3. The van der Waals surface area contributed by atoms with E-state index in [0.717, 1.165) is 17.2 Å². The maximum atomic E-state index is 14.4. The molecule has 1 atom stereocenters. The Morgan fingerprint density at radius 2 is 1.38 bits per heavy atom. The fourth-order valence-electron chi connectivity index (χ4n) is 5.90. The molecule has 4 nitrogen and oxygen atoms in total. The molecule has 1 aliphatic rings. The van der Waals surface area contributed by atoms with Crippen molar-refractivity contribution in [3.63, 3.8) is 0 Å². The summed E-state index contributed by atoms with van der Waals surface area (Å²) in [5.41, 5.74) is -2.32. The Morgan fingerprint density at radius 1 is 0.800 bits per heavy atom. The van der Waals surface area contributed by atoms with Crippen molar-refractivity contribution in [3.8, 4) is 0 Å². The highest BCUT2D eigenvalue weighted by molar-refractivity contribution is 6.32. The summed E-state index contributed by atoms with van der Waals surface area (Å²) in [5, 5.41) is -0.0850. The molecule has 12 heteroatoms. The molecular weight excluding hydrogens is 632 g/mol. The van der Waals surface area contributed by atoms with Crippen LogP contribution in [0.2, 0.25) is 10.2 Å². The van der Waals surface area contributed by atoms with Gasteiger partial charge < -0.3 is 9.33 Å². The lowest BCUT2D eigenvalue weighted by Gasteiger charge is -2.47. The molecule has 0 saturated carbocycles. The molecule has 0 spiro atoms. The number of fused-ring (bicyclic) bond motifs is 1. The van der Waals surface area contributed by atoms with Crippen LogP contribution in [0, 0.1) is 6.92 Å². The van der Waals surface area contributed by atoms with E-state index in [0.29, 0.717) is 11.6 Å². The Morgan fingerprint density at radius 3 is 1.89 bits per heavy atom. The summed E-state index contributed by atoms with van der Waals surface area (Å²) in [5.74, 6) is -0.244. The number of alkyl halides is 6. The van der Waals surface area contributed by atoms with E-state index >= 15 is 0 Å². The highest BCUT2D eigenvalue weighted by Gasteiger charge is 2.50. The summed E-state index contributed by atoms with van der Waals surface area (Å²) in [4.78, 5) is 10.3. The van der Waals surface area contributed by atoms with Crippen LogP contribution in [0.1, 0.15) is 66.8 Å². The van der Waals surface area contributed by atoms with Crippen molar-refractivity contribution in [2.45, 2.75) is 63.0 Å². The Balaban J connectivity index is 1.79. The van der Waals surface area contributed by atoms with Crippen LogP contribution in [-0.4, -0.2) is 26.3 Å². The molecule has 1 unspecified atom stereocenters. The van der Waals surface area contributed by atoms with Crippen LogP contribution < -0.4 is 4.90 Å². The third-order valence-electron chi connectivity index (χ3n) is 7.79. The predicted octanol–water partition coefficient (Wildman–Crippen LogP) is 9.36. The smallest absolute Gasteiger partial charge is 0.409 e. The van der Waals surface area contributed by atoms with E-state index in [1.54, 1.807) is 6.92 Å². The Labute approximate surface area is 265 Å². The highest BCUT2D eigenvalue weighted by Crippen LogP contribution is 2.55. The Hall–Kier alpha value is -3.41. The lowest BCUT2D eigenvalue weighted by Crippen LogP contribution is -2.45. The van der Waals surface area contributed by atoms with E-state index in [1.165, 1.54) is 4.90 Å². The van der Waals surface area contributed by atoms with Crippen LogP contribution in [0.3, 0.4) is 0 Å². The zero-order valence-corrected chi connectivity index (χ0v) is 27.3. The van der Waals surface area contributed by atoms with E-state index in [1.807, 2.05) is 60.7 Å². The Kier molecular flexibility index (Phi) is 8.84. The van der Waals surface area contributed by atoms with Crippen molar-refractivity contribution in [1.29, 1.82) is 0 Å². The molecule has 0 N–H and O–H groups in total. The lowest BCUT2D eigenvalue weighted by atomic mass is 9.70. The van der Waals surface area contributed by atoms with Gasteiger partial charge in [-0.3, -0.25) is 0 Å². The van der Waals surface area contributed by atoms with Crippen molar-refractivity contribution >= 4 is 32.9 Å². The van der Waals surface area contributed by atoms with Crippen molar-refractivity contribution in [2.75, 3.05) is 11.4 Å². The minimum absolute atomic E-state index is 0.000738. The third kappa shape index (κ3) is 6.61. The van der Waals surface area contributed by atoms with Crippen molar-refractivity contribution < 1.29 is 30.8 Å². The van der Waals surface area contributed by atoms with Crippen molar-refractivity contribution in [2.24, 2.45) is 0 Å². The second kappa shape index (κ2) is 12.1. The summed E-state index contributed by atoms with van der Waals surface area (Å²) in [6, 6.07) is 20.8. The van der Waals surface area contributed by atoms with Gasteiger partial charge in [-0.15, -0.1) is 0 Å². The topological polar surface area (TPSA) is 38.2 Å². The monoisotopic (exact) mass is 663 g/mol. The van der Waals surface area contributed by atoms with Crippen LogP contribution in [0.15, 0.2) is 78.9 Å². The SMILES string of the molecule is Cc1nc(Cl)c2c(n1)N(c1ccc(C(F)(F)F)cc1C(F)(F)F)CCC2C(O[SiH2]C(C)(C)C)(c1ccccc1)c1ccccc1. The van der Waals surface area contributed by atoms with E-state index in [9.17, 15) is 26.3 Å². The zero-order chi connectivity index (χ0) is 32.8. The van der Waals surface area contributed by atoms with E-state index in [4.69, 9.17) is 16.0 Å². The first-order valence-electron chi connectivity index (χ1n) is 14.4. The van der Waals surface area contributed by atoms with Crippen LogP contribution >= 0.6 is 11.6 Å². The van der Waals surface area contributed by atoms with Gasteiger partial charge >= 0.3 is 12.4 Å². The number of anilines is 2. The van der Waals surface area contributed by atoms with Gasteiger partial charge in [-0.05, 0) is 47.7 Å². The molecule has 0 bridgehead atoms. The molecule has 3 aromatic carbocycles. The van der Waals surface area contributed by atoms with E-state index in [-0.39, 0.29) is 40.9 Å².